The molecule has 1 unspecified atom stereocenters. The molecule has 1 N–H and O–H groups in total. The van der Waals surface area contributed by atoms with E-state index >= 15 is 0 Å². The fourth-order valence-corrected chi connectivity index (χ4v) is 5.94. The van der Waals surface area contributed by atoms with Crippen molar-refractivity contribution >= 4 is 11.9 Å². The molecule has 0 aromatic carbocycles. The van der Waals surface area contributed by atoms with Crippen molar-refractivity contribution in [2.45, 2.75) is 213 Å². The maximum Gasteiger partial charge on any atom is 0.306 e. The lowest BCUT2D eigenvalue weighted by atomic mass is 10.1. The Hall–Kier alpha value is -2.40. The average Bonchev–Trinajstić information content (AvgIpc) is 3.15. The SMILES string of the molecule is CCCCCC=CCC=CCC=CCC=CCCCCCC(=O)OCC(CO)OC(=O)CCCCCCCCCCCC=CCCCCCCCC. The van der Waals surface area contributed by atoms with Gasteiger partial charge in [0.1, 0.15) is 6.61 Å². The number of allylic oxidation sites excluding steroid dienone is 10. The summed E-state index contributed by atoms with van der Waals surface area (Å²) in [5.41, 5.74) is 0. The molecule has 0 spiro atoms. The Morgan fingerprint density at radius 3 is 1.23 bits per heavy atom. The number of rotatable bonds is 39. The van der Waals surface area contributed by atoms with Crippen LogP contribution in [0.25, 0.3) is 0 Å². The molecule has 0 heterocycles. The third-order valence-electron chi connectivity index (χ3n) is 9.28. The van der Waals surface area contributed by atoms with E-state index in [1.807, 2.05) is 0 Å². The van der Waals surface area contributed by atoms with Crippen LogP contribution in [0.15, 0.2) is 60.8 Å². The highest BCUT2D eigenvalue weighted by Gasteiger charge is 2.16. The normalized spacial score (nSPS) is 12.8. The lowest BCUT2D eigenvalue weighted by molar-refractivity contribution is -0.161. The molecule has 0 fully saturated rings. The second-order valence-corrected chi connectivity index (χ2v) is 14.4. The highest BCUT2D eigenvalue weighted by molar-refractivity contribution is 5.70. The van der Waals surface area contributed by atoms with Crippen molar-refractivity contribution in [3.05, 3.63) is 60.8 Å². The number of aliphatic hydroxyl groups excluding tert-OH is 1. The van der Waals surface area contributed by atoms with E-state index in [2.05, 4.69) is 74.6 Å². The molecule has 300 valence electrons. The number of carbonyl (C=O) groups excluding carboxylic acids is 2. The van der Waals surface area contributed by atoms with Crippen molar-refractivity contribution in [3.63, 3.8) is 0 Å². The molecule has 5 nitrogen and oxygen atoms in total. The molecule has 5 heteroatoms. The Bertz CT molecular complexity index is 915. The Kier molecular flexibility index (Phi) is 41.0. The summed E-state index contributed by atoms with van der Waals surface area (Å²) in [6, 6.07) is 0. The summed E-state index contributed by atoms with van der Waals surface area (Å²) >= 11 is 0. The fourth-order valence-electron chi connectivity index (χ4n) is 5.94. The Morgan fingerprint density at radius 1 is 0.442 bits per heavy atom. The van der Waals surface area contributed by atoms with Crippen LogP contribution in [0.3, 0.4) is 0 Å². The third kappa shape index (κ3) is 40.4. The van der Waals surface area contributed by atoms with Crippen LogP contribution in [0, 0.1) is 0 Å². The molecule has 0 aliphatic rings. The predicted octanol–water partition coefficient (Wildman–Crippen LogP) is 14.0. The molecule has 0 aliphatic heterocycles. The predicted molar refractivity (Wildman–Crippen MR) is 223 cm³/mol. The third-order valence-corrected chi connectivity index (χ3v) is 9.28. The van der Waals surface area contributed by atoms with Gasteiger partial charge in [0.25, 0.3) is 0 Å². The first-order valence-electron chi connectivity index (χ1n) is 21.8. The van der Waals surface area contributed by atoms with Gasteiger partial charge in [-0.1, -0.05) is 171 Å². The quantitative estimate of drug-likeness (QED) is 0.0388. The number of ether oxygens (including phenoxy) is 2. The van der Waals surface area contributed by atoms with Crippen LogP contribution in [-0.4, -0.2) is 36.4 Å². The van der Waals surface area contributed by atoms with Crippen molar-refractivity contribution < 1.29 is 24.2 Å². The number of carbonyl (C=O) groups is 2. The summed E-state index contributed by atoms with van der Waals surface area (Å²) in [5.74, 6) is -0.629. The van der Waals surface area contributed by atoms with E-state index in [0.717, 1.165) is 64.2 Å². The maximum atomic E-state index is 12.2. The van der Waals surface area contributed by atoms with Gasteiger partial charge in [0, 0.05) is 12.8 Å². The van der Waals surface area contributed by atoms with Crippen LogP contribution >= 0.6 is 0 Å². The van der Waals surface area contributed by atoms with Gasteiger partial charge >= 0.3 is 11.9 Å². The van der Waals surface area contributed by atoms with Crippen LogP contribution in [0.4, 0.5) is 0 Å². The van der Waals surface area contributed by atoms with Crippen molar-refractivity contribution in [2.24, 2.45) is 0 Å². The monoisotopic (exact) mass is 727 g/mol. The van der Waals surface area contributed by atoms with Gasteiger partial charge in [-0.2, -0.15) is 0 Å². The van der Waals surface area contributed by atoms with E-state index in [9.17, 15) is 14.7 Å². The largest absolute Gasteiger partial charge is 0.462 e. The molecule has 0 saturated heterocycles. The van der Waals surface area contributed by atoms with Crippen molar-refractivity contribution in [2.75, 3.05) is 13.2 Å². The zero-order valence-electron chi connectivity index (χ0n) is 34.1. The molecule has 0 aromatic rings. The summed E-state index contributed by atoms with van der Waals surface area (Å²) in [7, 11) is 0. The minimum atomic E-state index is -0.787. The van der Waals surface area contributed by atoms with Crippen LogP contribution < -0.4 is 0 Å². The first-order chi connectivity index (χ1) is 25.6. The minimum absolute atomic E-state index is 0.0845. The summed E-state index contributed by atoms with van der Waals surface area (Å²) in [4.78, 5) is 24.3. The van der Waals surface area contributed by atoms with Crippen LogP contribution in [0.1, 0.15) is 206 Å². The highest BCUT2D eigenvalue weighted by atomic mass is 16.6. The maximum absolute atomic E-state index is 12.2. The van der Waals surface area contributed by atoms with Gasteiger partial charge in [0.15, 0.2) is 6.10 Å². The summed E-state index contributed by atoms with van der Waals surface area (Å²) < 4.78 is 10.6. The molecule has 0 rings (SSSR count). The molecule has 0 amide bonds. The average molecular weight is 727 g/mol. The van der Waals surface area contributed by atoms with E-state index in [1.54, 1.807) is 0 Å². The molecule has 0 saturated carbocycles. The van der Waals surface area contributed by atoms with Gasteiger partial charge in [-0.25, -0.2) is 0 Å². The molecule has 52 heavy (non-hydrogen) atoms. The lowest BCUT2D eigenvalue weighted by Gasteiger charge is -2.15. The van der Waals surface area contributed by atoms with Gasteiger partial charge in [0.05, 0.1) is 6.61 Å². The van der Waals surface area contributed by atoms with Gasteiger partial charge in [-0.15, -0.1) is 0 Å². The summed E-state index contributed by atoms with van der Waals surface area (Å²) in [6.07, 6.45) is 55.7. The van der Waals surface area contributed by atoms with E-state index < -0.39 is 6.10 Å². The summed E-state index contributed by atoms with van der Waals surface area (Å²) in [5, 5.41) is 9.58. The van der Waals surface area contributed by atoms with Crippen molar-refractivity contribution in [1.29, 1.82) is 0 Å². The van der Waals surface area contributed by atoms with Gasteiger partial charge in [-0.3, -0.25) is 9.59 Å². The Balaban J connectivity index is 3.61. The van der Waals surface area contributed by atoms with Crippen molar-refractivity contribution in [3.8, 4) is 0 Å². The highest BCUT2D eigenvalue weighted by Crippen LogP contribution is 2.13. The standard InChI is InChI=1S/C47H82O5/c1-3-5-7-9-11-13-15-17-19-21-23-25-27-29-31-33-35-37-39-41-46(49)51-44-45(43-48)52-47(50)42-40-38-36-34-32-30-28-26-24-22-20-18-16-14-12-10-8-6-4-2/h11,13,17-20,23,25,29,31,45,48H,3-10,12,14-16,21-22,24,26-28,30,32-44H2,1-2H3. The second kappa shape index (κ2) is 43.0. The molecule has 0 bridgehead atoms. The smallest absolute Gasteiger partial charge is 0.306 e. The zero-order valence-corrected chi connectivity index (χ0v) is 34.1. The first-order valence-corrected chi connectivity index (χ1v) is 21.8. The number of hydrogen-bond donors (Lipinski definition) is 1. The Morgan fingerprint density at radius 2 is 0.769 bits per heavy atom. The van der Waals surface area contributed by atoms with Crippen LogP contribution in [-0.2, 0) is 19.1 Å². The first kappa shape index (κ1) is 49.6. The molecular formula is C47H82O5. The molecule has 0 aliphatic carbocycles. The van der Waals surface area contributed by atoms with Crippen LogP contribution in [0.2, 0.25) is 0 Å². The fraction of sp³-hybridized carbons (Fsp3) is 0.745. The molecule has 1 atom stereocenters. The van der Waals surface area contributed by atoms with Gasteiger partial charge < -0.3 is 14.6 Å². The number of hydrogen-bond acceptors (Lipinski definition) is 5. The van der Waals surface area contributed by atoms with Gasteiger partial charge in [-0.05, 0) is 83.5 Å². The lowest BCUT2D eigenvalue weighted by Crippen LogP contribution is -2.28. The van der Waals surface area contributed by atoms with Crippen molar-refractivity contribution in [1.82, 2.24) is 0 Å². The molecule has 0 aromatic heterocycles. The number of aliphatic hydroxyl groups is 1. The molecular weight excluding hydrogens is 645 g/mol. The summed E-state index contributed by atoms with van der Waals surface area (Å²) in [6.45, 7) is 4.08. The number of esters is 2. The number of unbranched alkanes of at least 4 members (excludes halogenated alkanes) is 21. The van der Waals surface area contributed by atoms with Gasteiger partial charge in [0.2, 0.25) is 0 Å². The minimum Gasteiger partial charge on any atom is -0.462 e. The Labute approximate surface area is 321 Å². The van der Waals surface area contributed by atoms with E-state index in [0.29, 0.717) is 12.8 Å². The second-order valence-electron chi connectivity index (χ2n) is 14.4. The van der Waals surface area contributed by atoms with E-state index in [-0.39, 0.29) is 25.2 Å². The van der Waals surface area contributed by atoms with E-state index in [1.165, 1.54) is 116 Å². The van der Waals surface area contributed by atoms with Crippen LogP contribution in [0.5, 0.6) is 0 Å². The topological polar surface area (TPSA) is 72.8 Å². The van der Waals surface area contributed by atoms with E-state index in [4.69, 9.17) is 9.47 Å². The molecule has 0 radical (unpaired) electrons. The zero-order chi connectivity index (χ0) is 37.8.